The van der Waals surface area contributed by atoms with Gasteiger partial charge in [0.05, 0.1) is 35.7 Å². The lowest BCUT2D eigenvalue weighted by atomic mass is 9.82. The first-order valence-electron chi connectivity index (χ1n) is 12.7. The summed E-state index contributed by atoms with van der Waals surface area (Å²) in [4.78, 5) is 45.6. The van der Waals surface area contributed by atoms with Crippen molar-refractivity contribution >= 4 is 23.6 Å². The first kappa shape index (κ1) is 30.4. The number of rotatable bonds is 6. The highest BCUT2D eigenvalue weighted by atomic mass is 19.1. The average molecular weight is 588 g/mol. The number of aromatic nitrogens is 2. The van der Waals surface area contributed by atoms with Crippen LogP contribution in [0.25, 0.3) is 11.3 Å². The molecule has 11 nitrogen and oxygen atoms in total. The highest BCUT2D eigenvalue weighted by Gasteiger charge is 2.46. The Balaban J connectivity index is 1.64. The average Bonchev–Trinajstić information content (AvgIpc) is 2.91. The van der Waals surface area contributed by atoms with Crippen LogP contribution in [-0.2, 0) is 4.74 Å². The normalized spacial score (nSPS) is 21.9. The van der Waals surface area contributed by atoms with Crippen LogP contribution in [0.5, 0.6) is 0 Å². The highest BCUT2D eigenvalue weighted by Crippen LogP contribution is 2.39. The fraction of sp³-hybridized carbons (Fsp3) is 0.321. The Kier molecular flexibility index (Phi) is 8.50. The van der Waals surface area contributed by atoms with Gasteiger partial charge in [0.2, 0.25) is 0 Å². The first-order chi connectivity index (χ1) is 19.7. The highest BCUT2D eigenvalue weighted by molar-refractivity contribution is 6.03. The summed E-state index contributed by atoms with van der Waals surface area (Å²) in [6, 6.07) is 3.99. The zero-order chi connectivity index (χ0) is 30.9. The molecule has 4 N–H and O–H groups in total. The maximum atomic E-state index is 14.9. The van der Waals surface area contributed by atoms with Crippen molar-refractivity contribution in [3.8, 4) is 11.3 Å². The van der Waals surface area contributed by atoms with Crippen molar-refractivity contribution in [3.05, 3.63) is 77.0 Å². The number of nitrogens with zero attached hydrogens (tertiary/aromatic N) is 3. The van der Waals surface area contributed by atoms with Gasteiger partial charge >= 0.3 is 6.09 Å². The molecule has 0 radical (unpaired) electrons. The molecule has 0 unspecified atom stereocenters. The molecule has 3 aromatic rings. The first-order valence-corrected chi connectivity index (χ1v) is 12.7. The number of hydrogen-bond acceptors (Lipinski definition) is 7. The van der Waals surface area contributed by atoms with Gasteiger partial charge in [-0.3, -0.25) is 14.6 Å². The van der Waals surface area contributed by atoms with E-state index in [9.17, 15) is 37.8 Å². The minimum Gasteiger partial charge on any atom is -0.465 e. The van der Waals surface area contributed by atoms with E-state index in [1.54, 1.807) is 6.92 Å². The van der Waals surface area contributed by atoms with E-state index in [2.05, 4.69) is 20.6 Å². The summed E-state index contributed by atoms with van der Waals surface area (Å²) in [5, 5.41) is 24.9. The van der Waals surface area contributed by atoms with E-state index in [1.165, 1.54) is 39.5 Å². The smallest absolute Gasteiger partial charge is 0.404 e. The number of amides is 3. The number of halogens is 3. The summed E-state index contributed by atoms with van der Waals surface area (Å²) in [7, 11) is 2.80. The number of ether oxygens (including phenoxy) is 1. The third-order valence-corrected chi connectivity index (χ3v) is 7.10. The summed E-state index contributed by atoms with van der Waals surface area (Å²) in [5.41, 5.74) is -3.29. The Hall–Kier alpha value is -4.56. The van der Waals surface area contributed by atoms with Gasteiger partial charge in [0.25, 0.3) is 11.8 Å². The quantitative estimate of drug-likeness (QED) is 0.340. The van der Waals surface area contributed by atoms with E-state index >= 15 is 0 Å². The Morgan fingerprint density at radius 2 is 1.76 bits per heavy atom. The van der Waals surface area contributed by atoms with Gasteiger partial charge in [-0.2, -0.15) is 0 Å². The standard InChI is InChI=1S/C28H28F3N5O6/c1-13-28(2,41)22(35-27(39)40)11-21(42-13)15-7-8-32-12-20(15)34-25(37)19-6-5-16(29)24(33-19)23-17(30)9-14(10-18(23)31)26(38)36(3)4/h5-10,12-13,21-22,35,41H,11H2,1-4H3,(H,34,37)(H,39,40)/t13-,21-,22-,28-/m1/s1. The predicted octanol–water partition coefficient (Wildman–Crippen LogP) is 3.75. The molecule has 42 heavy (non-hydrogen) atoms. The van der Waals surface area contributed by atoms with Crippen LogP contribution in [0.2, 0.25) is 0 Å². The second kappa shape index (κ2) is 11.7. The lowest BCUT2D eigenvalue weighted by Gasteiger charge is -2.45. The molecule has 0 spiro atoms. The molecule has 0 aliphatic carbocycles. The number of carbonyl (C=O) groups excluding carboxylic acids is 2. The minimum absolute atomic E-state index is 0.0142. The predicted molar refractivity (Wildman–Crippen MR) is 143 cm³/mol. The molecular weight excluding hydrogens is 559 g/mol. The zero-order valence-electron chi connectivity index (χ0n) is 23.0. The topological polar surface area (TPSA) is 154 Å². The molecule has 2 aromatic heterocycles. The van der Waals surface area contributed by atoms with Gasteiger partial charge in [-0.15, -0.1) is 0 Å². The van der Waals surface area contributed by atoms with E-state index in [0.717, 1.165) is 29.2 Å². The molecule has 3 amide bonds. The molecular formula is C28H28F3N5O6. The molecule has 4 rings (SSSR count). The van der Waals surface area contributed by atoms with Gasteiger partial charge in [-0.05, 0) is 44.2 Å². The second-order valence-corrected chi connectivity index (χ2v) is 10.2. The molecule has 14 heteroatoms. The van der Waals surface area contributed by atoms with E-state index in [-0.39, 0.29) is 23.4 Å². The Morgan fingerprint density at radius 1 is 1.10 bits per heavy atom. The van der Waals surface area contributed by atoms with Gasteiger partial charge in [0.1, 0.15) is 34.4 Å². The number of benzene rings is 1. The van der Waals surface area contributed by atoms with Gasteiger partial charge < -0.3 is 30.5 Å². The number of nitrogens with one attached hydrogen (secondary N) is 2. The van der Waals surface area contributed by atoms with Crippen molar-refractivity contribution in [2.75, 3.05) is 19.4 Å². The van der Waals surface area contributed by atoms with Crippen LogP contribution in [0, 0.1) is 17.5 Å². The van der Waals surface area contributed by atoms with Crippen molar-refractivity contribution in [1.82, 2.24) is 20.2 Å². The van der Waals surface area contributed by atoms with Gasteiger partial charge in [0, 0.05) is 37.8 Å². The lowest BCUT2D eigenvalue weighted by Crippen LogP contribution is -2.60. The maximum absolute atomic E-state index is 14.9. The Morgan fingerprint density at radius 3 is 2.38 bits per heavy atom. The Labute approximate surface area is 238 Å². The largest absolute Gasteiger partial charge is 0.465 e. The molecule has 0 saturated carbocycles. The number of hydrogen-bond donors (Lipinski definition) is 4. The Bertz CT molecular complexity index is 1530. The fourth-order valence-corrected chi connectivity index (χ4v) is 4.63. The molecule has 1 aliphatic rings. The third kappa shape index (κ3) is 6.04. The summed E-state index contributed by atoms with van der Waals surface area (Å²) >= 11 is 0. The van der Waals surface area contributed by atoms with E-state index in [1.807, 2.05) is 0 Å². The van der Waals surface area contributed by atoms with E-state index in [4.69, 9.17) is 4.74 Å². The van der Waals surface area contributed by atoms with Gasteiger partial charge in [-0.25, -0.2) is 22.9 Å². The van der Waals surface area contributed by atoms with Crippen molar-refractivity contribution in [2.45, 2.75) is 44.1 Å². The maximum Gasteiger partial charge on any atom is 0.404 e. The fourth-order valence-electron chi connectivity index (χ4n) is 4.63. The summed E-state index contributed by atoms with van der Waals surface area (Å²) in [6.07, 6.45) is -0.177. The van der Waals surface area contributed by atoms with Crippen molar-refractivity contribution < 1.29 is 42.5 Å². The molecule has 1 aromatic carbocycles. The molecule has 0 bridgehead atoms. The lowest BCUT2D eigenvalue weighted by molar-refractivity contribution is -0.176. The van der Waals surface area contributed by atoms with Crippen LogP contribution in [0.3, 0.4) is 0 Å². The molecule has 1 aliphatic heterocycles. The minimum atomic E-state index is -1.53. The van der Waals surface area contributed by atoms with Crippen molar-refractivity contribution in [2.24, 2.45) is 0 Å². The van der Waals surface area contributed by atoms with Crippen LogP contribution in [0.15, 0.2) is 42.7 Å². The number of aliphatic hydroxyl groups is 1. The molecule has 3 heterocycles. The molecule has 4 atom stereocenters. The molecule has 1 fully saturated rings. The SMILES string of the molecule is C[C@H]1O[C@@H](c2ccncc2NC(=O)c2ccc(F)c(-c3c(F)cc(C(=O)N(C)C)cc3F)n2)C[C@@H](NC(=O)O)[C@]1(C)O. The summed E-state index contributed by atoms with van der Waals surface area (Å²) in [6.45, 7) is 3.02. The van der Waals surface area contributed by atoms with Crippen molar-refractivity contribution in [1.29, 1.82) is 0 Å². The third-order valence-electron chi connectivity index (χ3n) is 7.10. The van der Waals surface area contributed by atoms with Gasteiger partial charge in [-0.1, -0.05) is 0 Å². The van der Waals surface area contributed by atoms with Crippen LogP contribution >= 0.6 is 0 Å². The summed E-state index contributed by atoms with van der Waals surface area (Å²) in [5.74, 6) is -5.14. The summed E-state index contributed by atoms with van der Waals surface area (Å²) < 4.78 is 50.6. The van der Waals surface area contributed by atoms with Crippen LogP contribution in [-0.4, -0.2) is 74.8 Å². The number of carbonyl (C=O) groups is 3. The molecule has 222 valence electrons. The molecule has 1 saturated heterocycles. The number of pyridine rings is 2. The number of carboxylic acid groups (broad SMARTS) is 1. The van der Waals surface area contributed by atoms with Crippen molar-refractivity contribution in [3.63, 3.8) is 0 Å². The van der Waals surface area contributed by atoms with Crippen LogP contribution in [0.1, 0.15) is 52.8 Å². The second-order valence-electron chi connectivity index (χ2n) is 10.2. The van der Waals surface area contributed by atoms with E-state index in [0.29, 0.717) is 5.56 Å². The van der Waals surface area contributed by atoms with Crippen LogP contribution < -0.4 is 10.6 Å². The van der Waals surface area contributed by atoms with Crippen LogP contribution in [0.4, 0.5) is 23.7 Å². The van der Waals surface area contributed by atoms with Gasteiger partial charge in [0.15, 0.2) is 0 Å². The number of anilines is 1. The van der Waals surface area contributed by atoms with E-state index < -0.39 is 70.5 Å². The zero-order valence-corrected chi connectivity index (χ0v) is 23.0. The monoisotopic (exact) mass is 587 g/mol.